The molecule has 1 aliphatic rings. The highest BCUT2D eigenvalue weighted by molar-refractivity contribution is 7.80. The summed E-state index contributed by atoms with van der Waals surface area (Å²) in [6.45, 7) is 3.43. The smallest absolute Gasteiger partial charge is 0.170 e. The van der Waals surface area contributed by atoms with E-state index in [9.17, 15) is 0 Å². The summed E-state index contributed by atoms with van der Waals surface area (Å²) in [7, 11) is 2.20. The third-order valence-electron chi connectivity index (χ3n) is 3.71. The van der Waals surface area contributed by atoms with Crippen molar-refractivity contribution < 1.29 is 0 Å². The molecule has 0 radical (unpaired) electrons. The predicted octanol–water partition coefficient (Wildman–Crippen LogP) is 2.70. The van der Waals surface area contributed by atoms with Gasteiger partial charge in [0.15, 0.2) is 5.11 Å². The Balaban J connectivity index is 1.62. The van der Waals surface area contributed by atoms with Crippen LogP contribution in [-0.4, -0.2) is 36.7 Å². The van der Waals surface area contributed by atoms with Crippen LogP contribution in [-0.2, 0) is 0 Å². The molecule has 2 rings (SSSR count). The van der Waals surface area contributed by atoms with Crippen molar-refractivity contribution in [3.63, 3.8) is 0 Å². The Hall–Kier alpha value is -1.13. The molecule has 1 aromatic carbocycles. The maximum atomic E-state index is 5.29. The van der Waals surface area contributed by atoms with E-state index in [-0.39, 0.29) is 0 Å². The number of nitrogens with zero attached hydrogens (tertiary/aromatic N) is 1. The van der Waals surface area contributed by atoms with E-state index < -0.39 is 0 Å². The topological polar surface area (TPSA) is 27.3 Å². The van der Waals surface area contributed by atoms with Gasteiger partial charge in [0.1, 0.15) is 0 Å². The second-order valence-electron chi connectivity index (χ2n) is 5.28. The Morgan fingerprint density at radius 1 is 1.26 bits per heavy atom. The normalized spacial score (nSPS) is 17.1. The van der Waals surface area contributed by atoms with E-state index in [2.05, 4.69) is 22.6 Å². The Labute approximate surface area is 121 Å². The Bertz CT molecular complexity index is 386. The van der Waals surface area contributed by atoms with Crippen molar-refractivity contribution in [1.82, 2.24) is 10.2 Å². The van der Waals surface area contributed by atoms with Crippen LogP contribution in [0.2, 0.25) is 0 Å². The van der Waals surface area contributed by atoms with E-state index in [0.29, 0.717) is 0 Å². The molecule has 0 spiro atoms. The lowest BCUT2D eigenvalue weighted by atomic mass is 9.94. The second kappa shape index (κ2) is 7.46. The summed E-state index contributed by atoms with van der Waals surface area (Å²) in [6, 6.07) is 10.0. The zero-order chi connectivity index (χ0) is 13.5. The second-order valence-corrected chi connectivity index (χ2v) is 5.69. The molecule has 0 unspecified atom stereocenters. The number of para-hydroxylation sites is 1. The van der Waals surface area contributed by atoms with Crippen LogP contribution in [0.25, 0.3) is 0 Å². The number of likely N-dealkylation sites (tertiary alicyclic amines) is 1. The van der Waals surface area contributed by atoms with Gasteiger partial charge in [-0.05, 0) is 69.7 Å². The predicted molar refractivity (Wildman–Crippen MR) is 85.5 cm³/mol. The molecule has 1 heterocycles. The molecule has 2 N–H and O–H groups in total. The molecule has 0 atom stereocenters. The molecule has 0 amide bonds. The maximum absolute atomic E-state index is 5.29. The maximum Gasteiger partial charge on any atom is 0.170 e. The van der Waals surface area contributed by atoms with Gasteiger partial charge in [-0.3, -0.25) is 0 Å². The van der Waals surface area contributed by atoms with E-state index in [1.54, 1.807) is 0 Å². The summed E-state index contributed by atoms with van der Waals surface area (Å²) in [5.74, 6) is 0.850. The van der Waals surface area contributed by atoms with Crippen molar-refractivity contribution in [3.05, 3.63) is 30.3 Å². The lowest BCUT2D eigenvalue weighted by Crippen LogP contribution is -2.34. The van der Waals surface area contributed by atoms with Gasteiger partial charge in [-0.1, -0.05) is 18.2 Å². The van der Waals surface area contributed by atoms with Gasteiger partial charge in [0.05, 0.1) is 0 Å². The molecule has 0 aliphatic carbocycles. The molecule has 104 valence electrons. The zero-order valence-electron chi connectivity index (χ0n) is 11.6. The van der Waals surface area contributed by atoms with Crippen molar-refractivity contribution in [3.8, 4) is 0 Å². The number of anilines is 1. The average molecular weight is 277 g/mol. The van der Waals surface area contributed by atoms with Crippen LogP contribution in [0.15, 0.2) is 30.3 Å². The van der Waals surface area contributed by atoms with Gasteiger partial charge in [-0.15, -0.1) is 0 Å². The fraction of sp³-hybridized carbons (Fsp3) is 0.533. The van der Waals surface area contributed by atoms with E-state index in [1.165, 1.54) is 32.4 Å². The molecule has 4 heteroatoms. The minimum absolute atomic E-state index is 0.721. The molecular weight excluding hydrogens is 254 g/mol. The quantitative estimate of drug-likeness (QED) is 0.828. The lowest BCUT2D eigenvalue weighted by molar-refractivity contribution is 0.213. The number of benzene rings is 1. The number of hydrogen-bond donors (Lipinski definition) is 2. The van der Waals surface area contributed by atoms with E-state index >= 15 is 0 Å². The summed E-state index contributed by atoms with van der Waals surface area (Å²) >= 11 is 5.29. The fourth-order valence-electron chi connectivity index (χ4n) is 2.44. The first kappa shape index (κ1) is 14.3. The summed E-state index contributed by atoms with van der Waals surface area (Å²) in [5, 5.41) is 7.22. The van der Waals surface area contributed by atoms with E-state index in [0.717, 1.165) is 23.3 Å². The number of nitrogens with one attached hydrogen (secondary N) is 2. The van der Waals surface area contributed by atoms with Crippen molar-refractivity contribution in [2.24, 2.45) is 5.92 Å². The molecule has 1 aliphatic heterocycles. The van der Waals surface area contributed by atoms with Crippen LogP contribution in [0.1, 0.15) is 19.3 Å². The van der Waals surface area contributed by atoms with Crippen molar-refractivity contribution in [1.29, 1.82) is 0 Å². The van der Waals surface area contributed by atoms with Gasteiger partial charge in [0.2, 0.25) is 0 Å². The van der Waals surface area contributed by atoms with Crippen molar-refractivity contribution in [2.45, 2.75) is 19.3 Å². The molecule has 1 aromatic rings. The van der Waals surface area contributed by atoms with Crippen molar-refractivity contribution in [2.75, 3.05) is 32.0 Å². The first-order valence-electron chi connectivity index (χ1n) is 7.02. The first-order valence-corrected chi connectivity index (χ1v) is 7.43. The highest BCUT2D eigenvalue weighted by atomic mass is 32.1. The highest BCUT2D eigenvalue weighted by Crippen LogP contribution is 2.18. The van der Waals surface area contributed by atoms with Gasteiger partial charge in [0, 0.05) is 12.2 Å². The molecule has 0 bridgehead atoms. The van der Waals surface area contributed by atoms with E-state index in [1.807, 2.05) is 30.3 Å². The standard InChI is InChI=1S/C15H23N3S/c1-18-11-8-13(9-12-18)7-10-16-15(19)17-14-5-3-2-4-6-14/h2-6,13H,7-12H2,1H3,(H2,16,17,19). The minimum atomic E-state index is 0.721. The zero-order valence-corrected chi connectivity index (χ0v) is 12.4. The van der Waals surface area contributed by atoms with Crippen LogP contribution < -0.4 is 10.6 Å². The molecule has 1 fully saturated rings. The Kier molecular flexibility index (Phi) is 5.61. The number of rotatable bonds is 4. The summed E-state index contributed by atoms with van der Waals surface area (Å²) < 4.78 is 0. The van der Waals surface area contributed by atoms with Gasteiger partial charge >= 0.3 is 0 Å². The minimum Gasteiger partial charge on any atom is -0.362 e. The molecule has 1 saturated heterocycles. The Morgan fingerprint density at radius 2 is 1.95 bits per heavy atom. The lowest BCUT2D eigenvalue weighted by Gasteiger charge is -2.29. The molecule has 0 saturated carbocycles. The first-order chi connectivity index (χ1) is 9.24. The van der Waals surface area contributed by atoms with Crippen LogP contribution in [0.3, 0.4) is 0 Å². The third kappa shape index (κ3) is 5.17. The fourth-order valence-corrected chi connectivity index (χ4v) is 2.66. The number of piperidine rings is 1. The Morgan fingerprint density at radius 3 is 2.63 bits per heavy atom. The average Bonchev–Trinajstić information content (AvgIpc) is 2.42. The highest BCUT2D eigenvalue weighted by Gasteiger charge is 2.15. The monoisotopic (exact) mass is 277 g/mol. The van der Waals surface area contributed by atoms with Gasteiger partial charge in [-0.25, -0.2) is 0 Å². The van der Waals surface area contributed by atoms with Gasteiger partial charge in [-0.2, -0.15) is 0 Å². The SMILES string of the molecule is CN1CCC(CCNC(=S)Nc2ccccc2)CC1. The van der Waals surface area contributed by atoms with Crippen LogP contribution >= 0.6 is 12.2 Å². The summed E-state index contributed by atoms with van der Waals surface area (Å²) in [6.07, 6.45) is 3.85. The van der Waals surface area contributed by atoms with Crippen molar-refractivity contribution >= 4 is 23.0 Å². The van der Waals surface area contributed by atoms with Gasteiger partial charge < -0.3 is 15.5 Å². The third-order valence-corrected chi connectivity index (χ3v) is 3.95. The molecular formula is C15H23N3S. The van der Waals surface area contributed by atoms with Gasteiger partial charge in [0.25, 0.3) is 0 Å². The van der Waals surface area contributed by atoms with Crippen LogP contribution in [0.4, 0.5) is 5.69 Å². The number of hydrogen-bond acceptors (Lipinski definition) is 2. The van der Waals surface area contributed by atoms with Crippen LogP contribution in [0, 0.1) is 5.92 Å². The molecule has 19 heavy (non-hydrogen) atoms. The molecule has 0 aromatic heterocycles. The van der Waals surface area contributed by atoms with Crippen LogP contribution in [0.5, 0.6) is 0 Å². The number of thiocarbonyl (C=S) groups is 1. The largest absolute Gasteiger partial charge is 0.362 e. The summed E-state index contributed by atoms with van der Waals surface area (Å²) in [5.41, 5.74) is 1.04. The molecule has 3 nitrogen and oxygen atoms in total. The van der Waals surface area contributed by atoms with E-state index in [4.69, 9.17) is 12.2 Å². The summed E-state index contributed by atoms with van der Waals surface area (Å²) in [4.78, 5) is 2.41.